The van der Waals surface area contributed by atoms with Crippen molar-refractivity contribution in [2.24, 2.45) is 5.73 Å². The Labute approximate surface area is 138 Å². The molecule has 0 aromatic heterocycles. The van der Waals surface area contributed by atoms with Crippen molar-refractivity contribution in [1.82, 2.24) is 4.31 Å². The van der Waals surface area contributed by atoms with Crippen molar-refractivity contribution in [2.75, 3.05) is 18.4 Å². The summed E-state index contributed by atoms with van der Waals surface area (Å²) in [5.41, 5.74) is 6.08. The maximum absolute atomic E-state index is 12.7. The van der Waals surface area contributed by atoms with Crippen LogP contribution in [0.2, 0.25) is 0 Å². The van der Waals surface area contributed by atoms with Gasteiger partial charge in [0.1, 0.15) is 0 Å². The Hall–Kier alpha value is -1.18. The molecule has 1 aromatic carbocycles. The van der Waals surface area contributed by atoms with Crippen LogP contribution in [0.1, 0.15) is 39.5 Å². The second-order valence-corrected chi connectivity index (χ2v) is 7.50. The topological polar surface area (TPSA) is 75.4 Å². The summed E-state index contributed by atoms with van der Waals surface area (Å²) in [6.07, 6.45) is 3.66. The first-order chi connectivity index (χ1) is 10.4. The average molecular weight is 344 g/mol. The third kappa shape index (κ3) is 5.55. The zero-order valence-corrected chi connectivity index (χ0v) is 14.8. The second-order valence-electron chi connectivity index (χ2n) is 5.12. The predicted molar refractivity (Wildman–Crippen MR) is 95.4 cm³/mol. The minimum Gasteiger partial charge on any atom is -0.376 e. The van der Waals surface area contributed by atoms with Gasteiger partial charge in [-0.1, -0.05) is 26.7 Å². The van der Waals surface area contributed by atoms with E-state index in [-0.39, 0.29) is 5.11 Å². The summed E-state index contributed by atoms with van der Waals surface area (Å²) < 4.78 is 27.0. The zero-order chi connectivity index (χ0) is 16.6. The molecule has 0 aliphatic heterocycles. The van der Waals surface area contributed by atoms with Crippen LogP contribution < -0.4 is 11.1 Å². The van der Waals surface area contributed by atoms with Gasteiger partial charge < -0.3 is 11.1 Å². The fraction of sp³-hybridized carbons (Fsp3) is 0.533. The van der Waals surface area contributed by atoms with E-state index in [4.69, 9.17) is 18.0 Å². The average Bonchev–Trinajstić information content (AvgIpc) is 2.47. The standard InChI is InChI=1S/C15H25N3O2S2/c1-3-5-11-18(12-6-4-2)22(19,20)14-9-7-13(8-10-14)17-15(16)21/h7-10H,3-6,11-12H2,1-2H3,(H3,16,17,21). The van der Waals surface area contributed by atoms with Gasteiger partial charge in [0.2, 0.25) is 10.0 Å². The molecule has 0 saturated heterocycles. The van der Waals surface area contributed by atoms with Gasteiger partial charge in [-0.15, -0.1) is 0 Å². The number of thiocarbonyl (C=S) groups is 1. The molecular formula is C15H25N3O2S2. The molecule has 7 heteroatoms. The van der Waals surface area contributed by atoms with Crippen molar-refractivity contribution in [3.63, 3.8) is 0 Å². The lowest BCUT2D eigenvalue weighted by molar-refractivity contribution is 0.395. The minimum absolute atomic E-state index is 0.156. The molecule has 0 aliphatic rings. The van der Waals surface area contributed by atoms with Crippen molar-refractivity contribution < 1.29 is 8.42 Å². The third-order valence-electron chi connectivity index (χ3n) is 3.28. The molecule has 0 amide bonds. The Bertz CT molecular complexity index is 563. The van der Waals surface area contributed by atoms with Crippen molar-refractivity contribution in [3.8, 4) is 0 Å². The Morgan fingerprint density at radius 2 is 1.64 bits per heavy atom. The van der Waals surface area contributed by atoms with Crippen molar-refractivity contribution in [2.45, 2.75) is 44.4 Å². The number of nitrogens with zero attached hydrogens (tertiary/aromatic N) is 1. The Kier molecular flexibility index (Phi) is 7.78. The number of rotatable bonds is 9. The van der Waals surface area contributed by atoms with Crippen molar-refractivity contribution in [1.29, 1.82) is 0 Å². The van der Waals surface area contributed by atoms with E-state index in [0.717, 1.165) is 25.7 Å². The molecule has 0 atom stereocenters. The molecule has 0 saturated carbocycles. The monoisotopic (exact) mass is 343 g/mol. The predicted octanol–water partition coefficient (Wildman–Crippen LogP) is 2.93. The van der Waals surface area contributed by atoms with Gasteiger partial charge in [0.15, 0.2) is 5.11 Å². The quantitative estimate of drug-likeness (QED) is 0.674. The first-order valence-corrected chi connectivity index (χ1v) is 9.43. The molecule has 0 radical (unpaired) electrons. The van der Waals surface area contributed by atoms with Gasteiger partial charge in [-0.3, -0.25) is 0 Å². The van der Waals surface area contributed by atoms with Crippen LogP contribution in [-0.2, 0) is 10.0 Å². The molecule has 0 spiro atoms. The highest BCUT2D eigenvalue weighted by Crippen LogP contribution is 2.19. The molecule has 0 bridgehead atoms. The molecule has 0 aliphatic carbocycles. The zero-order valence-electron chi connectivity index (χ0n) is 13.2. The lowest BCUT2D eigenvalue weighted by Gasteiger charge is -2.22. The van der Waals surface area contributed by atoms with Crippen LogP contribution in [0.15, 0.2) is 29.2 Å². The van der Waals surface area contributed by atoms with E-state index in [1.807, 2.05) is 0 Å². The molecular weight excluding hydrogens is 318 g/mol. The smallest absolute Gasteiger partial charge is 0.243 e. The van der Waals surface area contributed by atoms with E-state index in [9.17, 15) is 8.42 Å². The summed E-state index contributed by atoms with van der Waals surface area (Å²) in [5.74, 6) is 0. The normalized spacial score (nSPS) is 11.6. The highest BCUT2D eigenvalue weighted by atomic mass is 32.2. The van der Waals surface area contributed by atoms with Crippen LogP contribution in [0.3, 0.4) is 0 Å². The number of hydrogen-bond acceptors (Lipinski definition) is 3. The lowest BCUT2D eigenvalue weighted by atomic mass is 10.3. The molecule has 22 heavy (non-hydrogen) atoms. The number of sulfonamides is 1. The molecule has 124 valence electrons. The summed E-state index contributed by atoms with van der Waals surface area (Å²) in [6, 6.07) is 6.51. The summed E-state index contributed by atoms with van der Waals surface area (Å²) in [6.45, 7) is 5.24. The van der Waals surface area contributed by atoms with Gasteiger partial charge >= 0.3 is 0 Å². The molecule has 3 N–H and O–H groups in total. The fourth-order valence-corrected chi connectivity index (χ4v) is 3.66. The van der Waals surface area contributed by atoms with Crippen LogP contribution in [0.25, 0.3) is 0 Å². The fourth-order valence-electron chi connectivity index (χ4n) is 2.02. The van der Waals surface area contributed by atoms with Gasteiger partial charge in [0.25, 0.3) is 0 Å². The number of nitrogens with one attached hydrogen (secondary N) is 1. The molecule has 0 heterocycles. The van der Waals surface area contributed by atoms with Gasteiger partial charge in [-0.05, 0) is 49.3 Å². The van der Waals surface area contributed by atoms with E-state index in [1.165, 1.54) is 0 Å². The number of unbranched alkanes of at least 4 members (excludes halogenated alkanes) is 2. The van der Waals surface area contributed by atoms with Crippen LogP contribution >= 0.6 is 12.2 Å². The Morgan fingerprint density at radius 3 is 2.05 bits per heavy atom. The lowest BCUT2D eigenvalue weighted by Crippen LogP contribution is -2.33. The van der Waals surface area contributed by atoms with E-state index in [0.29, 0.717) is 23.7 Å². The minimum atomic E-state index is -3.45. The summed E-state index contributed by atoms with van der Waals surface area (Å²) in [4.78, 5) is 0.299. The maximum atomic E-state index is 12.7. The van der Waals surface area contributed by atoms with Gasteiger partial charge in [-0.25, -0.2) is 8.42 Å². The van der Waals surface area contributed by atoms with Crippen LogP contribution in [0.4, 0.5) is 5.69 Å². The molecule has 1 rings (SSSR count). The maximum Gasteiger partial charge on any atom is 0.243 e. The van der Waals surface area contributed by atoms with E-state index >= 15 is 0 Å². The van der Waals surface area contributed by atoms with Gasteiger partial charge in [-0.2, -0.15) is 4.31 Å². The molecule has 5 nitrogen and oxygen atoms in total. The summed E-state index contributed by atoms with van der Waals surface area (Å²) >= 11 is 4.76. The second kappa shape index (κ2) is 9.07. The first-order valence-electron chi connectivity index (χ1n) is 7.58. The number of benzene rings is 1. The largest absolute Gasteiger partial charge is 0.376 e. The van der Waals surface area contributed by atoms with Gasteiger partial charge in [0, 0.05) is 18.8 Å². The number of anilines is 1. The number of hydrogen-bond donors (Lipinski definition) is 2. The van der Waals surface area contributed by atoms with Crippen LogP contribution in [0.5, 0.6) is 0 Å². The molecule has 0 fully saturated rings. The highest BCUT2D eigenvalue weighted by molar-refractivity contribution is 7.89. The van der Waals surface area contributed by atoms with Gasteiger partial charge in [0.05, 0.1) is 4.90 Å². The third-order valence-corrected chi connectivity index (χ3v) is 5.30. The van der Waals surface area contributed by atoms with E-state index in [1.54, 1.807) is 28.6 Å². The van der Waals surface area contributed by atoms with Crippen LogP contribution in [0, 0.1) is 0 Å². The Balaban J connectivity index is 2.94. The van der Waals surface area contributed by atoms with E-state index < -0.39 is 10.0 Å². The Morgan fingerprint density at radius 1 is 1.14 bits per heavy atom. The first kappa shape index (κ1) is 18.9. The summed E-state index contributed by atoms with van der Waals surface area (Å²) in [5, 5.41) is 2.94. The van der Waals surface area contributed by atoms with Crippen molar-refractivity contribution in [3.05, 3.63) is 24.3 Å². The molecule has 1 aromatic rings. The SMILES string of the molecule is CCCCN(CCCC)S(=O)(=O)c1ccc(NC(N)=S)cc1. The summed E-state index contributed by atoms with van der Waals surface area (Å²) in [7, 11) is -3.45. The van der Waals surface area contributed by atoms with Crippen LogP contribution in [-0.4, -0.2) is 30.9 Å². The van der Waals surface area contributed by atoms with E-state index in [2.05, 4.69) is 19.2 Å². The molecule has 0 unspecified atom stereocenters. The number of nitrogens with two attached hydrogens (primary N) is 1. The highest BCUT2D eigenvalue weighted by Gasteiger charge is 2.23. The van der Waals surface area contributed by atoms with Crippen molar-refractivity contribution >= 4 is 33.0 Å².